The number of primary amides is 1. The van der Waals surface area contributed by atoms with Crippen molar-refractivity contribution in [3.8, 4) is 5.75 Å². The zero-order chi connectivity index (χ0) is 19.1. The summed E-state index contributed by atoms with van der Waals surface area (Å²) in [7, 11) is 0. The van der Waals surface area contributed by atoms with E-state index in [1.165, 1.54) is 11.0 Å². The Kier molecular flexibility index (Phi) is 7.75. The fraction of sp³-hybridized carbons (Fsp3) is 0.222. The first-order valence-corrected chi connectivity index (χ1v) is 9.29. The van der Waals surface area contributed by atoms with Crippen molar-refractivity contribution in [3.05, 3.63) is 62.5 Å². The number of rotatable bonds is 8. The lowest BCUT2D eigenvalue weighted by atomic mass is 10.2. The van der Waals surface area contributed by atoms with Crippen molar-refractivity contribution in [2.45, 2.75) is 13.0 Å². The van der Waals surface area contributed by atoms with Gasteiger partial charge in [-0.25, -0.2) is 0 Å². The van der Waals surface area contributed by atoms with Crippen molar-refractivity contribution in [1.29, 1.82) is 0 Å². The highest BCUT2D eigenvalue weighted by atomic mass is 79.9. The number of hydrogen-bond acceptors (Lipinski definition) is 3. The van der Waals surface area contributed by atoms with E-state index < -0.39 is 5.91 Å². The molecule has 0 saturated carbocycles. The van der Waals surface area contributed by atoms with Crippen LogP contribution in [0.5, 0.6) is 5.75 Å². The zero-order valence-electron chi connectivity index (χ0n) is 13.8. The molecule has 138 valence electrons. The Morgan fingerprint density at radius 2 is 1.85 bits per heavy atom. The zero-order valence-corrected chi connectivity index (χ0v) is 16.9. The average molecular weight is 460 g/mol. The van der Waals surface area contributed by atoms with Crippen LogP contribution in [0.25, 0.3) is 0 Å². The maximum absolute atomic E-state index is 12.6. The predicted octanol–water partition coefficient (Wildman–Crippen LogP) is 4.04. The third-order valence-electron chi connectivity index (χ3n) is 3.50. The minimum atomic E-state index is -0.472. The standard InChI is InChI=1S/C18H17BrCl2N2O3/c19-14-8-13(20)9-15(21)18(14)26-11-17(25)23(7-6-16(22)24)10-12-4-2-1-3-5-12/h1-5,8-9H,6-7,10-11H2,(H2,22,24). The van der Waals surface area contributed by atoms with Gasteiger partial charge in [-0.3, -0.25) is 9.59 Å². The summed E-state index contributed by atoms with van der Waals surface area (Å²) >= 11 is 15.3. The van der Waals surface area contributed by atoms with E-state index in [9.17, 15) is 9.59 Å². The van der Waals surface area contributed by atoms with Gasteiger partial charge in [0.15, 0.2) is 12.4 Å². The third-order valence-corrected chi connectivity index (χ3v) is 4.59. The molecule has 26 heavy (non-hydrogen) atoms. The van der Waals surface area contributed by atoms with Gasteiger partial charge in [-0.1, -0.05) is 53.5 Å². The van der Waals surface area contributed by atoms with Crippen LogP contribution in [0.1, 0.15) is 12.0 Å². The summed E-state index contributed by atoms with van der Waals surface area (Å²) in [6, 6.07) is 12.6. The van der Waals surface area contributed by atoms with Gasteiger partial charge in [-0.05, 0) is 33.6 Å². The molecule has 0 unspecified atom stereocenters. The monoisotopic (exact) mass is 458 g/mol. The van der Waals surface area contributed by atoms with Gasteiger partial charge in [0.25, 0.3) is 5.91 Å². The van der Waals surface area contributed by atoms with Crippen molar-refractivity contribution in [2.75, 3.05) is 13.2 Å². The number of benzene rings is 2. The minimum Gasteiger partial charge on any atom is -0.481 e. The maximum atomic E-state index is 12.6. The van der Waals surface area contributed by atoms with Crippen LogP contribution < -0.4 is 10.5 Å². The Hall–Kier alpha value is -1.76. The second-order valence-corrected chi connectivity index (χ2v) is 7.20. The summed E-state index contributed by atoms with van der Waals surface area (Å²) in [4.78, 5) is 25.2. The second kappa shape index (κ2) is 9.80. The maximum Gasteiger partial charge on any atom is 0.260 e. The molecule has 2 amide bonds. The molecule has 0 atom stereocenters. The highest BCUT2D eigenvalue weighted by Gasteiger charge is 2.17. The number of carbonyl (C=O) groups excluding carboxylic acids is 2. The van der Waals surface area contributed by atoms with Crippen LogP contribution in [0.15, 0.2) is 46.9 Å². The van der Waals surface area contributed by atoms with Crippen molar-refractivity contribution < 1.29 is 14.3 Å². The molecule has 0 aromatic heterocycles. The lowest BCUT2D eigenvalue weighted by Crippen LogP contribution is -2.36. The molecule has 8 heteroatoms. The van der Waals surface area contributed by atoms with Gasteiger partial charge in [0.1, 0.15) is 0 Å². The molecule has 0 aliphatic heterocycles. The summed E-state index contributed by atoms with van der Waals surface area (Å²) in [6.45, 7) is 0.333. The molecular weight excluding hydrogens is 443 g/mol. The van der Waals surface area contributed by atoms with Crippen LogP contribution in [-0.2, 0) is 16.1 Å². The molecule has 2 N–H and O–H groups in total. The summed E-state index contributed by atoms with van der Waals surface area (Å²) < 4.78 is 6.12. The number of nitrogens with two attached hydrogens (primary N) is 1. The van der Waals surface area contributed by atoms with Crippen molar-refractivity contribution in [3.63, 3.8) is 0 Å². The number of halogens is 3. The second-order valence-electron chi connectivity index (χ2n) is 5.50. The van der Waals surface area contributed by atoms with Crippen molar-refractivity contribution >= 4 is 50.9 Å². The molecular formula is C18H17BrCl2N2O3. The van der Waals surface area contributed by atoms with Gasteiger partial charge in [0.2, 0.25) is 5.91 Å². The van der Waals surface area contributed by atoms with E-state index in [0.717, 1.165) is 5.56 Å². The summed E-state index contributed by atoms with van der Waals surface area (Å²) in [5, 5.41) is 0.747. The molecule has 2 rings (SSSR count). The Morgan fingerprint density at radius 1 is 1.15 bits per heavy atom. The van der Waals surface area contributed by atoms with Crippen LogP contribution in [0.3, 0.4) is 0 Å². The van der Waals surface area contributed by atoms with E-state index >= 15 is 0 Å². The summed E-state index contributed by atoms with van der Waals surface area (Å²) in [5.74, 6) is -0.424. The normalized spacial score (nSPS) is 10.4. The van der Waals surface area contributed by atoms with E-state index in [-0.39, 0.29) is 25.5 Å². The van der Waals surface area contributed by atoms with Gasteiger partial charge >= 0.3 is 0 Å². The Labute approximate surface area is 170 Å². The molecule has 0 radical (unpaired) electrons. The topological polar surface area (TPSA) is 72.6 Å². The van der Waals surface area contributed by atoms with Crippen LogP contribution in [0.2, 0.25) is 10.0 Å². The molecule has 0 saturated heterocycles. The number of carbonyl (C=O) groups is 2. The highest BCUT2D eigenvalue weighted by Crippen LogP contribution is 2.36. The molecule has 0 fully saturated rings. The van der Waals surface area contributed by atoms with Crippen LogP contribution in [0.4, 0.5) is 0 Å². The first-order chi connectivity index (χ1) is 12.4. The predicted molar refractivity (Wildman–Crippen MR) is 105 cm³/mol. The van der Waals surface area contributed by atoms with Crippen LogP contribution in [0, 0.1) is 0 Å². The number of hydrogen-bond donors (Lipinski definition) is 1. The van der Waals surface area contributed by atoms with E-state index in [0.29, 0.717) is 26.8 Å². The van der Waals surface area contributed by atoms with Gasteiger partial charge in [0, 0.05) is 24.5 Å². The van der Waals surface area contributed by atoms with E-state index in [1.807, 2.05) is 30.3 Å². The summed E-state index contributed by atoms with van der Waals surface area (Å²) in [5.41, 5.74) is 6.15. The third kappa shape index (κ3) is 6.20. The van der Waals surface area contributed by atoms with Gasteiger partial charge < -0.3 is 15.4 Å². The number of ether oxygens (including phenoxy) is 1. The fourth-order valence-electron chi connectivity index (χ4n) is 2.23. The molecule has 5 nitrogen and oxygen atoms in total. The highest BCUT2D eigenvalue weighted by molar-refractivity contribution is 9.10. The van der Waals surface area contributed by atoms with Crippen molar-refractivity contribution in [1.82, 2.24) is 4.90 Å². The lowest BCUT2D eigenvalue weighted by Gasteiger charge is -2.23. The Balaban J connectivity index is 2.07. The van der Waals surface area contributed by atoms with Gasteiger partial charge in [-0.15, -0.1) is 0 Å². The number of amides is 2. The molecule has 2 aromatic carbocycles. The number of nitrogens with zero attached hydrogens (tertiary/aromatic N) is 1. The van der Waals surface area contributed by atoms with Crippen molar-refractivity contribution in [2.24, 2.45) is 5.73 Å². The smallest absolute Gasteiger partial charge is 0.260 e. The Bertz CT molecular complexity index is 764. The SMILES string of the molecule is NC(=O)CCN(Cc1ccccc1)C(=O)COc1c(Cl)cc(Cl)cc1Br. The van der Waals surface area contributed by atoms with Gasteiger partial charge in [0.05, 0.1) is 9.50 Å². The first kappa shape index (κ1) is 20.6. The lowest BCUT2D eigenvalue weighted by molar-refractivity contribution is -0.134. The molecule has 0 spiro atoms. The van der Waals surface area contributed by atoms with Gasteiger partial charge in [-0.2, -0.15) is 0 Å². The van der Waals surface area contributed by atoms with Crippen LogP contribution in [-0.4, -0.2) is 29.9 Å². The van der Waals surface area contributed by atoms with E-state index in [1.54, 1.807) is 6.07 Å². The van der Waals surface area contributed by atoms with E-state index in [2.05, 4.69) is 15.9 Å². The molecule has 0 aliphatic rings. The van der Waals surface area contributed by atoms with E-state index in [4.69, 9.17) is 33.7 Å². The fourth-order valence-corrected chi connectivity index (χ4v) is 3.60. The molecule has 0 heterocycles. The molecule has 0 aliphatic carbocycles. The summed E-state index contributed by atoms with van der Waals surface area (Å²) in [6.07, 6.45) is 0.0734. The Morgan fingerprint density at radius 3 is 2.46 bits per heavy atom. The minimum absolute atomic E-state index is 0.0734. The average Bonchev–Trinajstić information content (AvgIpc) is 2.58. The first-order valence-electron chi connectivity index (χ1n) is 7.74. The van der Waals surface area contributed by atoms with Crippen LogP contribution >= 0.6 is 39.1 Å². The quantitative estimate of drug-likeness (QED) is 0.647. The molecule has 0 bridgehead atoms. The largest absolute Gasteiger partial charge is 0.481 e. The molecule has 2 aromatic rings.